The lowest BCUT2D eigenvalue weighted by Crippen LogP contribution is -2.41. The molecule has 47 heavy (non-hydrogen) atoms. The fourth-order valence-corrected chi connectivity index (χ4v) is 7.62. The SMILES string of the molecule is CC1(C)OB(c2ccc3oc4cccc(-c5nc(-c6ccccc6)nc(-c6cccc7c6sc6ccccc67)n5)c4c3c2)OC1(C)C. The van der Waals surface area contributed by atoms with Gasteiger partial charge < -0.3 is 13.7 Å². The average Bonchev–Trinajstić information content (AvgIpc) is 3.72. The van der Waals surface area contributed by atoms with Crippen LogP contribution in [0, 0.1) is 0 Å². The monoisotopic (exact) mass is 631 g/mol. The van der Waals surface area contributed by atoms with Gasteiger partial charge in [-0.25, -0.2) is 15.0 Å². The van der Waals surface area contributed by atoms with Gasteiger partial charge in [0.05, 0.1) is 11.2 Å². The number of furan rings is 1. The molecule has 1 fully saturated rings. The minimum absolute atomic E-state index is 0.442. The van der Waals surface area contributed by atoms with Crippen molar-refractivity contribution in [1.29, 1.82) is 0 Å². The number of thiophene rings is 1. The average molecular weight is 632 g/mol. The molecular formula is C39H30BN3O3S. The molecule has 4 heterocycles. The lowest BCUT2D eigenvalue weighted by molar-refractivity contribution is 0.00578. The second-order valence-electron chi connectivity index (χ2n) is 13.1. The van der Waals surface area contributed by atoms with E-state index >= 15 is 0 Å². The van der Waals surface area contributed by atoms with Crippen LogP contribution in [0.5, 0.6) is 0 Å². The molecule has 8 aromatic rings. The zero-order chi connectivity index (χ0) is 31.9. The summed E-state index contributed by atoms with van der Waals surface area (Å²) in [6, 6.07) is 37.1. The Labute approximate surface area is 276 Å². The van der Waals surface area contributed by atoms with Gasteiger partial charge in [-0.1, -0.05) is 84.9 Å². The van der Waals surface area contributed by atoms with Crippen molar-refractivity contribution < 1.29 is 13.7 Å². The van der Waals surface area contributed by atoms with Gasteiger partial charge in [0.1, 0.15) is 11.2 Å². The number of hydrogen-bond donors (Lipinski definition) is 0. The Kier molecular flexibility index (Phi) is 6.22. The number of nitrogens with zero attached hydrogens (tertiary/aromatic N) is 3. The van der Waals surface area contributed by atoms with Gasteiger partial charge in [0.25, 0.3) is 0 Å². The summed E-state index contributed by atoms with van der Waals surface area (Å²) >= 11 is 1.77. The van der Waals surface area contributed by atoms with Crippen LogP contribution in [0.25, 0.3) is 76.3 Å². The summed E-state index contributed by atoms with van der Waals surface area (Å²) in [4.78, 5) is 15.3. The summed E-state index contributed by atoms with van der Waals surface area (Å²) in [5.74, 6) is 1.83. The van der Waals surface area contributed by atoms with Crippen molar-refractivity contribution in [1.82, 2.24) is 15.0 Å². The zero-order valence-corrected chi connectivity index (χ0v) is 27.3. The van der Waals surface area contributed by atoms with Crippen molar-refractivity contribution in [3.05, 3.63) is 109 Å². The third-order valence-corrected chi connectivity index (χ3v) is 10.8. The fraction of sp³-hybridized carbons (Fsp3) is 0.154. The molecule has 5 aromatic carbocycles. The van der Waals surface area contributed by atoms with Gasteiger partial charge in [-0.3, -0.25) is 0 Å². The Morgan fingerprint density at radius 3 is 2.04 bits per heavy atom. The number of hydrogen-bond acceptors (Lipinski definition) is 7. The molecule has 1 saturated heterocycles. The molecule has 0 bridgehead atoms. The van der Waals surface area contributed by atoms with Gasteiger partial charge in [-0.2, -0.15) is 0 Å². The van der Waals surface area contributed by atoms with E-state index in [1.807, 2.05) is 54.6 Å². The van der Waals surface area contributed by atoms with Crippen LogP contribution in [0.15, 0.2) is 114 Å². The summed E-state index contributed by atoms with van der Waals surface area (Å²) in [6.07, 6.45) is 0. The summed E-state index contributed by atoms with van der Waals surface area (Å²) in [5.41, 5.74) is 4.37. The van der Waals surface area contributed by atoms with Crippen LogP contribution in [0.1, 0.15) is 27.7 Å². The van der Waals surface area contributed by atoms with Crippen LogP contribution < -0.4 is 5.46 Å². The molecule has 6 nitrogen and oxygen atoms in total. The lowest BCUT2D eigenvalue weighted by Gasteiger charge is -2.32. The van der Waals surface area contributed by atoms with Gasteiger partial charge in [0.15, 0.2) is 17.5 Å². The highest BCUT2D eigenvalue weighted by molar-refractivity contribution is 7.26. The topological polar surface area (TPSA) is 70.3 Å². The predicted molar refractivity (Wildman–Crippen MR) is 192 cm³/mol. The first-order chi connectivity index (χ1) is 22.8. The van der Waals surface area contributed by atoms with Crippen LogP contribution in [0.2, 0.25) is 0 Å². The highest BCUT2D eigenvalue weighted by atomic mass is 32.1. The maximum Gasteiger partial charge on any atom is 0.494 e. The number of fused-ring (bicyclic) bond motifs is 6. The molecular weight excluding hydrogens is 601 g/mol. The summed E-state index contributed by atoms with van der Waals surface area (Å²) in [6.45, 7) is 8.27. The molecule has 0 atom stereocenters. The minimum atomic E-state index is -0.489. The standard InChI is InChI=1S/C39H30BN3O3S/c1-38(2)39(3,4)46-40(45-38)24-20-21-30-29(22-24)33-27(16-11-18-31(33)44-30)36-41-35(23-12-6-5-7-13-23)42-37(43-36)28-17-10-15-26-25-14-8-9-19-32(25)47-34(26)28/h5-22H,1-4H3. The van der Waals surface area contributed by atoms with Crippen molar-refractivity contribution in [2.45, 2.75) is 38.9 Å². The molecule has 1 aliphatic rings. The molecule has 8 heteroatoms. The third kappa shape index (κ3) is 4.51. The van der Waals surface area contributed by atoms with E-state index in [1.54, 1.807) is 11.3 Å². The number of aromatic nitrogens is 3. The van der Waals surface area contributed by atoms with E-state index in [0.29, 0.717) is 17.5 Å². The van der Waals surface area contributed by atoms with Crippen molar-refractivity contribution in [2.24, 2.45) is 0 Å². The first kappa shape index (κ1) is 28.3. The number of benzene rings is 5. The highest BCUT2D eigenvalue weighted by Crippen LogP contribution is 2.41. The second kappa shape index (κ2) is 10.3. The van der Waals surface area contributed by atoms with Crippen LogP contribution in [-0.4, -0.2) is 33.3 Å². The molecule has 228 valence electrons. The van der Waals surface area contributed by atoms with Crippen molar-refractivity contribution in [2.75, 3.05) is 0 Å². The zero-order valence-electron chi connectivity index (χ0n) is 26.4. The summed E-state index contributed by atoms with van der Waals surface area (Å²) < 4.78 is 21.6. The van der Waals surface area contributed by atoms with Crippen LogP contribution in [-0.2, 0) is 9.31 Å². The van der Waals surface area contributed by atoms with E-state index in [-0.39, 0.29) is 0 Å². The summed E-state index contributed by atoms with van der Waals surface area (Å²) in [5, 5.41) is 4.33. The van der Waals surface area contributed by atoms with Crippen LogP contribution >= 0.6 is 11.3 Å². The van der Waals surface area contributed by atoms with Crippen molar-refractivity contribution in [3.63, 3.8) is 0 Å². The van der Waals surface area contributed by atoms with Crippen LogP contribution in [0.4, 0.5) is 0 Å². The Morgan fingerprint density at radius 1 is 0.574 bits per heavy atom. The maximum atomic E-state index is 6.40. The molecule has 0 amide bonds. The van der Waals surface area contributed by atoms with Gasteiger partial charge in [-0.05, 0) is 57.4 Å². The van der Waals surface area contributed by atoms with Gasteiger partial charge >= 0.3 is 7.12 Å². The van der Waals surface area contributed by atoms with Gasteiger partial charge in [0, 0.05) is 47.6 Å². The molecule has 0 saturated carbocycles. The van der Waals surface area contributed by atoms with E-state index in [2.05, 4.69) is 82.3 Å². The lowest BCUT2D eigenvalue weighted by atomic mass is 9.78. The predicted octanol–water partition coefficient (Wildman–Crippen LogP) is 9.44. The highest BCUT2D eigenvalue weighted by Gasteiger charge is 2.51. The summed E-state index contributed by atoms with van der Waals surface area (Å²) in [7, 11) is -0.489. The molecule has 3 aromatic heterocycles. The van der Waals surface area contributed by atoms with Gasteiger partial charge in [0.2, 0.25) is 0 Å². The smallest absolute Gasteiger partial charge is 0.456 e. The second-order valence-corrected chi connectivity index (χ2v) is 14.1. The van der Waals surface area contributed by atoms with E-state index in [1.165, 1.54) is 15.5 Å². The van der Waals surface area contributed by atoms with Crippen LogP contribution in [0.3, 0.4) is 0 Å². The molecule has 0 unspecified atom stereocenters. The first-order valence-electron chi connectivity index (χ1n) is 15.8. The maximum absolute atomic E-state index is 6.40. The Hall–Kier alpha value is -4.89. The van der Waals surface area contributed by atoms with Crippen molar-refractivity contribution >= 4 is 66.0 Å². The molecule has 1 aliphatic heterocycles. The normalized spacial score (nSPS) is 15.8. The fourth-order valence-electron chi connectivity index (χ4n) is 6.41. The van der Waals surface area contributed by atoms with Gasteiger partial charge in [-0.15, -0.1) is 11.3 Å². The van der Waals surface area contributed by atoms with Crippen molar-refractivity contribution in [3.8, 4) is 34.2 Å². The third-order valence-electron chi connectivity index (χ3n) is 9.60. The quantitative estimate of drug-likeness (QED) is 0.180. The van der Waals surface area contributed by atoms with E-state index < -0.39 is 18.3 Å². The molecule has 0 radical (unpaired) electrons. The minimum Gasteiger partial charge on any atom is -0.456 e. The largest absolute Gasteiger partial charge is 0.494 e. The Balaban J connectivity index is 1.27. The molecule has 9 rings (SSSR count). The Morgan fingerprint density at radius 2 is 1.23 bits per heavy atom. The van der Waals surface area contributed by atoms with E-state index in [4.69, 9.17) is 28.7 Å². The molecule has 0 N–H and O–H groups in total. The molecule has 0 aliphatic carbocycles. The first-order valence-corrected chi connectivity index (χ1v) is 16.6. The Bertz CT molecular complexity index is 2490. The van der Waals surface area contributed by atoms with E-state index in [0.717, 1.165) is 48.8 Å². The number of rotatable bonds is 4. The molecule has 0 spiro atoms. The van der Waals surface area contributed by atoms with E-state index in [9.17, 15) is 0 Å².